The number of nitrogens with zero attached hydrogens (tertiary/aromatic N) is 1. The topological polar surface area (TPSA) is 58.6 Å². The molecule has 152 valence electrons. The summed E-state index contributed by atoms with van der Waals surface area (Å²) in [4.78, 5) is 26.8. The highest BCUT2D eigenvalue weighted by atomic mass is 16.5. The number of benzene rings is 2. The summed E-state index contributed by atoms with van der Waals surface area (Å²) in [6.45, 7) is 7.19. The van der Waals surface area contributed by atoms with Crippen LogP contribution in [0.4, 0.5) is 0 Å². The van der Waals surface area contributed by atoms with Gasteiger partial charge < -0.3 is 15.0 Å². The molecule has 1 saturated heterocycles. The Morgan fingerprint density at radius 2 is 1.66 bits per heavy atom. The lowest BCUT2D eigenvalue weighted by atomic mass is 10.1. The average Bonchev–Trinajstić information content (AvgIpc) is 2.98. The van der Waals surface area contributed by atoms with Gasteiger partial charge in [0.2, 0.25) is 5.91 Å². The predicted molar refractivity (Wildman–Crippen MR) is 113 cm³/mol. The smallest absolute Gasteiger partial charge is 0.332 e. The number of ether oxygens (including phenoxy) is 1. The molecule has 5 nitrogen and oxygen atoms in total. The first-order chi connectivity index (χ1) is 14.0. The van der Waals surface area contributed by atoms with E-state index in [1.54, 1.807) is 11.8 Å². The second kappa shape index (κ2) is 9.52. The van der Waals surface area contributed by atoms with Crippen molar-refractivity contribution in [3.05, 3.63) is 82.6 Å². The Kier molecular flexibility index (Phi) is 6.83. The van der Waals surface area contributed by atoms with Crippen LogP contribution in [0.1, 0.15) is 35.6 Å². The van der Waals surface area contributed by atoms with E-state index >= 15 is 0 Å². The number of carbonyl (C=O) groups excluding carboxylic acids is 2. The van der Waals surface area contributed by atoms with E-state index in [0.29, 0.717) is 31.8 Å². The number of carbonyl (C=O) groups is 2. The van der Waals surface area contributed by atoms with Crippen LogP contribution in [0.25, 0.3) is 0 Å². The molecule has 1 amide bonds. The van der Waals surface area contributed by atoms with Crippen LogP contribution in [0.2, 0.25) is 0 Å². The van der Waals surface area contributed by atoms with E-state index in [4.69, 9.17) is 4.74 Å². The molecule has 2 aromatic carbocycles. The van der Waals surface area contributed by atoms with Gasteiger partial charge >= 0.3 is 5.97 Å². The number of nitrogens with one attached hydrogen (secondary N) is 1. The first kappa shape index (κ1) is 20.8. The van der Waals surface area contributed by atoms with Crippen molar-refractivity contribution < 1.29 is 14.3 Å². The lowest BCUT2D eigenvalue weighted by Gasteiger charge is -2.19. The lowest BCUT2D eigenvalue weighted by Crippen LogP contribution is -2.37. The minimum absolute atomic E-state index is 0.0202. The quantitative estimate of drug-likeness (QED) is 0.577. The first-order valence-corrected chi connectivity index (χ1v) is 9.99. The molecule has 1 aliphatic heterocycles. The third-order valence-corrected chi connectivity index (χ3v) is 5.03. The summed E-state index contributed by atoms with van der Waals surface area (Å²) in [6.07, 6.45) is 1.92. The maximum absolute atomic E-state index is 13.1. The molecule has 0 bridgehead atoms. The van der Waals surface area contributed by atoms with Crippen LogP contribution in [0.5, 0.6) is 0 Å². The maximum Gasteiger partial charge on any atom is 0.332 e. The number of aryl methyl sites for hydroxylation is 2. The number of likely N-dealkylation sites (tertiary alicyclic amines) is 1. The molecule has 29 heavy (non-hydrogen) atoms. The standard InChI is InChI=1S/C24H28N2O3/c1-4-29-23(27)14-21-13-22(25-15-19-9-5-17(2)6-10-19)24(28)26(21)16-20-11-7-18(3)8-12-20/h5-12,14,22,25H,4,13,15-16H2,1-3H3/b21-14+. The summed E-state index contributed by atoms with van der Waals surface area (Å²) in [6, 6.07) is 15.9. The molecule has 1 atom stereocenters. The SMILES string of the molecule is CCOC(=O)/C=C1\CC(NCc2ccc(C)cc2)C(=O)N1Cc1ccc(C)cc1. The van der Waals surface area contributed by atoms with Crippen molar-refractivity contribution in [3.63, 3.8) is 0 Å². The predicted octanol–water partition coefficient (Wildman–Crippen LogP) is 3.64. The first-order valence-electron chi connectivity index (χ1n) is 9.99. The molecule has 0 aromatic heterocycles. The maximum atomic E-state index is 13.1. The van der Waals surface area contributed by atoms with E-state index < -0.39 is 5.97 Å². The largest absolute Gasteiger partial charge is 0.463 e. The molecule has 0 saturated carbocycles. The summed E-state index contributed by atoms with van der Waals surface area (Å²) in [7, 11) is 0. The van der Waals surface area contributed by atoms with E-state index in [2.05, 4.69) is 29.6 Å². The lowest BCUT2D eigenvalue weighted by molar-refractivity contribution is -0.137. The van der Waals surface area contributed by atoms with Gasteiger partial charge in [-0.1, -0.05) is 59.7 Å². The molecular formula is C24H28N2O3. The highest BCUT2D eigenvalue weighted by Crippen LogP contribution is 2.26. The Morgan fingerprint density at radius 1 is 1.07 bits per heavy atom. The van der Waals surface area contributed by atoms with Gasteiger partial charge in [0, 0.05) is 24.7 Å². The van der Waals surface area contributed by atoms with Crippen LogP contribution < -0.4 is 5.32 Å². The molecule has 2 aromatic rings. The number of hydrogen-bond donors (Lipinski definition) is 1. The van der Waals surface area contributed by atoms with Crippen molar-refractivity contribution in [2.24, 2.45) is 0 Å². The summed E-state index contributed by atoms with van der Waals surface area (Å²) >= 11 is 0. The van der Waals surface area contributed by atoms with Gasteiger partial charge in [-0.15, -0.1) is 0 Å². The second-order valence-corrected chi connectivity index (χ2v) is 7.42. The molecule has 0 spiro atoms. The fourth-order valence-corrected chi connectivity index (χ4v) is 3.36. The molecular weight excluding hydrogens is 364 g/mol. The van der Waals surface area contributed by atoms with Gasteiger partial charge in [0.15, 0.2) is 0 Å². The fourth-order valence-electron chi connectivity index (χ4n) is 3.36. The summed E-state index contributed by atoms with van der Waals surface area (Å²) < 4.78 is 5.06. The Balaban J connectivity index is 1.75. The van der Waals surface area contributed by atoms with Gasteiger partial charge in [-0.05, 0) is 31.9 Å². The number of amides is 1. The highest BCUT2D eigenvalue weighted by Gasteiger charge is 2.35. The van der Waals surface area contributed by atoms with Gasteiger partial charge in [0.1, 0.15) is 0 Å². The zero-order valence-corrected chi connectivity index (χ0v) is 17.3. The Bertz CT molecular complexity index is 885. The summed E-state index contributed by atoms with van der Waals surface area (Å²) in [5, 5.41) is 3.34. The van der Waals surface area contributed by atoms with Crippen LogP contribution >= 0.6 is 0 Å². The van der Waals surface area contributed by atoms with Gasteiger partial charge in [-0.3, -0.25) is 4.79 Å². The van der Waals surface area contributed by atoms with E-state index in [9.17, 15) is 9.59 Å². The molecule has 1 fully saturated rings. The van der Waals surface area contributed by atoms with Crippen molar-refractivity contribution in [1.82, 2.24) is 10.2 Å². The molecule has 1 heterocycles. The van der Waals surface area contributed by atoms with Crippen LogP contribution in [-0.4, -0.2) is 29.4 Å². The third-order valence-electron chi connectivity index (χ3n) is 5.03. The van der Waals surface area contributed by atoms with Gasteiger partial charge in [0.05, 0.1) is 19.2 Å². The van der Waals surface area contributed by atoms with Crippen molar-refractivity contribution in [1.29, 1.82) is 0 Å². The highest BCUT2D eigenvalue weighted by molar-refractivity contribution is 5.90. The Morgan fingerprint density at radius 3 is 2.24 bits per heavy atom. The summed E-state index contributed by atoms with van der Waals surface area (Å²) in [5.41, 5.74) is 5.21. The van der Waals surface area contributed by atoms with Crippen LogP contribution in [0.15, 0.2) is 60.3 Å². The summed E-state index contributed by atoms with van der Waals surface area (Å²) in [5.74, 6) is -0.434. The van der Waals surface area contributed by atoms with E-state index in [1.807, 2.05) is 38.1 Å². The average molecular weight is 392 g/mol. The monoisotopic (exact) mass is 392 g/mol. The van der Waals surface area contributed by atoms with Gasteiger partial charge in [-0.2, -0.15) is 0 Å². The van der Waals surface area contributed by atoms with Crippen LogP contribution in [0.3, 0.4) is 0 Å². The molecule has 1 aliphatic rings. The van der Waals surface area contributed by atoms with Gasteiger partial charge in [-0.25, -0.2) is 4.79 Å². The third kappa shape index (κ3) is 5.55. The Hall–Kier alpha value is -2.92. The minimum atomic E-state index is -0.414. The van der Waals surface area contributed by atoms with Crippen molar-refractivity contribution in [3.8, 4) is 0 Å². The molecule has 1 N–H and O–H groups in total. The van der Waals surface area contributed by atoms with Crippen molar-refractivity contribution >= 4 is 11.9 Å². The Labute approximate surface area is 172 Å². The number of rotatable bonds is 7. The zero-order chi connectivity index (χ0) is 20.8. The van der Waals surface area contributed by atoms with Crippen molar-refractivity contribution in [2.45, 2.75) is 46.3 Å². The number of hydrogen-bond acceptors (Lipinski definition) is 4. The number of esters is 1. The molecule has 0 radical (unpaired) electrons. The van der Waals surface area contributed by atoms with Crippen molar-refractivity contribution in [2.75, 3.05) is 6.61 Å². The minimum Gasteiger partial charge on any atom is -0.463 e. The van der Waals surface area contributed by atoms with Gasteiger partial charge in [0.25, 0.3) is 0 Å². The normalized spacial score (nSPS) is 17.8. The molecule has 3 rings (SSSR count). The molecule has 0 aliphatic carbocycles. The molecule has 1 unspecified atom stereocenters. The second-order valence-electron chi connectivity index (χ2n) is 7.42. The van der Waals surface area contributed by atoms with E-state index in [1.165, 1.54) is 17.2 Å². The zero-order valence-electron chi connectivity index (χ0n) is 17.3. The van der Waals surface area contributed by atoms with Crippen LogP contribution in [-0.2, 0) is 27.4 Å². The molecule has 5 heteroatoms. The fraction of sp³-hybridized carbons (Fsp3) is 0.333. The van der Waals surface area contributed by atoms with Crippen LogP contribution in [0, 0.1) is 13.8 Å². The van der Waals surface area contributed by atoms with E-state index in [-0.39, 0.29) is 11.9 Å². The van der Waals surface area contributed by atoms with E-state index in [0.717, 1.165) is 11.1 Å².